The summed E-state index contributed by atoms with van der Waals surface area (Å²) in [6, 6.07) is 9.84. The van der Waals surface area contributed by atoms with Crippen molar-refractivity contribution in [3.8, 4) is 6.01 Å². The van der Waals surface area contributed by atoms with Gasteiger partial charge in [0.2, 0.25) is 5.82 Å². The molecule has 1 aromatic carbocycles. The number of nitrogens with zero attached hydrogens (tertiary/aromatic N) is 3. The SMILES string of the molecule is CNc1nc(OCCOCc2ccccc2)ncc1[N+](=O)[O-]. The van der Waals surface area contributed by atoms with Crippen LogP contribution in [0.5, 0.6) is 6.01 Å². The minimum absolute atomic E-state index is 0.0678. The molecule has 0 amide bonds. The second-order valence-electron chi connectivity index (χ2n) is 4.28. The van der Waals surface area contributed by atoms with E-state index in [0.29, 0.717) is 13.2 Å². The highest BCUT2D eigenvalue weighted by atomic mass is 16.6. The molecule has 0 radical (unpaired) electrons. The van der Waals surface area contributed by atoms with Crippen LogP contribution in [0.4, 0.5) is 11.5 Å². The highest BCUT2D eigenvalue weighted by Crippen LogP contribution is 2.21. The van der Waals surface area contributed by atoms with Gasteiger partial charge in [-0.2, -0.15) is 9.97 Å². The van der Waals surface area contributed by atoms with Crippen LogP contribution in [0.25, 0.3) is 0 Å². The van der Waals surface area contributed by atoms with Crippen molar-refractivity contribution in [2.75, 3.05) is 25.6 Å². The van der Waals surface area contributed by atoms with Crippen LogP contribution in [0.3, 0.4) is 0 Å². The van der Waals surface area contributed by atoms with Gasteiger partial charge in [0.05, 0.1) is 18.1 Å². The first-order chi connectivity index (χ1) is 10.7. The van der Waals surface area contributed by atoms with Crippen molar-refractivity contribution in [3.05, 3.63) is 52.2 Å². The summed E-state index contributed by atoms with van der Waals surface area (Å²) in [6.07, 6.45) is 1.11. The van der Waals surface area contributed by atoms with Gasteiger partial charge in [-0.05, 0) is 5.56 Å². The van der Waals surface area contributed by atoms with Crippen molar-refractivity contribution < 1.29 is 14.4 Å². The van der Waals surface area contributed by atoms with Crippen molar-refractivity contribution in [1.29, 1.82) is 0 Å². The lowest BCUT2D eigenvalue weighted by Crippen LogP contribution is -2.10. The third kappa shape index (κ3) is 4.38. The number of ether oxygens (including phenoxy) is 2. The Labute approximate surface area is 127 Å². The summed E-state index contributed by atoms with van der Waals surface area (Å²) in [5.74, 6) is 0.111. The molecule has 0 saturated carbocycles. The van der Waals surface area contributed by atoms with Gasteiger partial charge in [-0.15, -0.1) is 0 Å². The average Bonchev–Trinajstić information content (AvgIpc) is 2.55. The Morgan fingerprint density at radius 1 is 1.27 bits per heavy atom. The molecular weight excluding hydrogens is 288 g/mol. The van der Waals surface area contributed by atoms with E-state index in [-0.39, 0.29) is 24.1 Å². The standard InChI is InChI=1S/C14H16N4O4/c1-15-13-12(18(19)20)9-16-14(17-13)22-8-7-21-10-11-5-3-2-4-6-11/h2-6,9H,7-8,10H2,1H3,(H,15,16,17). The molecule has 8 nitrogen and oxygen atoms in total. The fourth-order valence-corrected chi connectivity index (χ4v) is 1.70. The van der Waals surface area contributed by atoms with Crippen molar-refractivity contribution in [3.63, 3.8) is 0 Å². The molecule has 116 valence electrons. The summed E-state index contributed by atoms with van der Waals surface area (Å²) < 4.78 is 10.8. The lowest BCUT2D eigenvalue weighted by molar-refractivity contribution is -0.384. The van der Waals surface area contributed by atoms with Gasteiger partial charge in [0.1, 0.15) is 12.8 Å². The van der Waals surface area contributed by atoms with E-state index in [9.17, 15) is 10.1 Å². The summed E-state index contributed by atoms with van der Waals surface area (Å²) in [5.41, 5.74) is 0.877. The molecule has 22 heavy (non-hydrogen) atoms. The molecule has 1 aromatic heterocycles. The van der Waals surface area contributed by atoms with Crippen molar-refractivity contribution in [2.45, 2.75) is 6.61 Å². The molecule has 0 fully saturated rings. The van der Waals surface area contributed by atoms with Crippen LogP contribution >= 0.6 is 0 Å². The third-order valence-electron chi connectivity index (χ3n) is 2.75. The zero-order valence-corrected chi connectivity index (χ0v) is 12.1. The first kappa shape index (κ1) is 15.6. The summed E-state index contributed by atoms with van der Waals surface area (Å²) >= 11 is 0. The molecule has 0 spiro atoms. The van der Waals surface area contributed by atoms with Gasteiger partial charge in [-0.25, -0.2) is 0 Å². The molecule has 0 bridgehead atoms. The molecule has 1 N–H and O–H groups in total. The Morgan fingerprint density at radius 3 is 2.73 bits per heavy atom. The van der Waals surface area contributed by atoms with Crippen LogP contribution < -0.4 is 10.1 Å². The molecule has 0 aliphatic carbocycles. The van der Waals surface area contributed by atoms with Crippen molar-refractivity contribution in [1.82, 2.24) is 9.97 Å². The molecule has 0 atom stereocenters. The van der Waals surface area contributed by atoms with Gasteiger partial charge >= 0.3 is 11.7 Å². The number of anilines is 1. The second kappa shape index (κ2) is 7.89. The lowest BCUT2D eigenvalue weighted by Gasteiger charge is -2.07. The molecule has 0 saturated heterocycles. The highest BCUT2D eigenvalue weighted by Gasteiger charge is 2.16. The minimum atomic E-state index is -0.557. The summed E-state index contributed by atoms with van der Waals surface area (Å²) in [7, 11) is 1.54. The Hall–Kier alpha value is -2.74. The van der Waals surface area contributed by atoms with E-state index >= 15 is 0 Å². The Bertz CT molecular complexity index is 621. The second-order valence-corrected chi connectivity index (χ2v) is 4.28. The van der Waals surface area contributed by atoms with Gasteiger partial charge < -0.3 is 14.8 Å². The molecular formula is C14H16N4O4. The van der Waals surface area contributed by atoms with Crippen LogP contribution in [0.2, 0.25) is 0 Å². The number of hydrogen-bond acceptors (Lipinski definition) is 7. The molecule has 2 aromatic rings. The molecule has 0 aliphatic rings. The van der Waals surface area contributed by atoms with Crippen molar-refractivity contribution >= 4 is 11.5 Å². The Balaban J connectivity index is 1.78. The lowest BCUT2D eigenvalue weighted by atomic mass is 10.2. The summed E-state index contributed by atoms with van der Waals surface area (Å²) in [6.45, 7) is 1.12. The monoisotopic (exact) mass is 304 g/mol. The maximum absolute atomic E-state index is 10.8. The van der Waals surface area contributed by atoms with Crippen LogP contribution in [0.1, 0.15) is 5.56 Å². The summed E-state index contributed by atoms with van der Waals surface area (Å²) in [4.78, 5) is 17.9. The molecule has 1 heterocycles. The van der Waals surface area contributed by atoms with E-state index in [1.807, 2.05) is 30.3 Å². The van der Waals surface area contributed by atoms with E-state index < -0.39 is 4.92 Å². The predicted molar refractivity (Wildman–Crippen MR) is 79.8 cm³/mol. The zero-order valence-electron chi connectivity index (χ0n) is 12.1. The Kier molecular flexibility index (Phi) is 5.61. The largest absolute Gasteiger partial charge is 0.461 e. The number of benzene rings is 1. The van der Waals surface area contributed by atoms with E-state index in [0.717, 1.165) is 11.8 Å². The van der Waals surface area contributed by atoms with E-state index in [2.05, 4.69) is 15.3 Å². The fourth-order valence-electron chi connectivity index (χ4n) is 1.70. The normalized spacial score (nSPS) is 10.2. The number of hydrogen-bond donors (Lipinski definition) is 1. The zero-order chi connectivity index (χ0) is 15.8. The van der Waals surface area contributed by atoms with Crippen molar-refractivity contribution in [2.24, 2.45) is 0 Å². The number of aromatic nitrogens is 2. The fraction of sp³-hybridized carbons (Fsp3) is 0.286. The topological polar surface area (TPSA) is 99.4 Å². The van der Waals surface area contributed by atoms with E-state index in [4.69, 9.17) is 9.47 Å². The average molecular weight is 304 g/mol. The Morgan fingerprint density at radius 2 is 2.05 bits per heavy atom. The predicted octanol–water partition coefficient (Wildman–Crippen LogP) is 2.02. The number of nitro groups is 1. The molecule has 2 rings (SSSR count). The highest BCUT2D eigenvalue weighted by molar-refractivity contribution is 5.54. The van der Waals surface area contributed by atoms with Gasteiger partial charge in [0.25, 0.3) is 0 Å². The van der Waals surface area contributed by atoms with Crippen LogP contribution in [-0.4, -0.2) is 35.2 Å². The van der Waals surface area contributed by atoms with Gasteiger partial charge in [0.15, 0.2) is 0 Å². The van der Waals surface area contributed by atoms with Crippen LogP contribution in [0, 0.1) is 10.1 Å². The van der Waals surface area contributed by atoms with E-state index in [1.54, 1.807) is 7.05 Å². The third-order valence-corrected chi connectivity index (χ3v) is 2.75. The number of rotatable bonds is 8. The minimum Gasteiger partial charge on any atom is -0.461 e. The summed E-state index contributed by atoms with van der Waals surface area (Å²) in [5, 5.41) is 13.4. The van der Waals surface area contributed by atoms with E-state index in [1.165, 1.54) is 0 Å². The maximum atomic E-state index is 10.8. The first-order valence-electron chi connectivity index (χ1n) is 6.64. The maximum Gasteiger partial charge on any atom is 0.329 e. The quantitative estimate of drug-likeness (QED) is 0.452. The molecule has 8 heteroatoms. The molecule has 0 unspecified atom stereocenters. The first-order valence-corrected chi connectivity index (χ1v) is 6.64. The van der Waals surface area contributed by atoms with Gasteiger partial charge in [-0.3, -0.25) is 10.1 Å². The number of nitrogens with one attached hydrogen (secondary N) is 1. The van der Waals surface area contributed by atoms with Crippen LogP contribution in [0.15, 0.2) is 36.5 Å². The van der Waals surface area contributed by atoms with Gasteiger partial charge in [0, 0.05) is 7.05 Å². The van der Waals surface area contributed by atoms with Gasteiger partial charge in [-0.1, -0.05) is 30.3 Å². The molecule has 0 aliphatic heterocycles. The smallest absolute Gasteiger partial charge is 0.329 e. The van der Waals surface area contributed by atoms with Crippen LogP contribution in [-0.2, 0) is 11.3 Å².